The first-order valence-corrected chi connectivity index (χ1v) is 8.32. The van der Waals surface area contributed by atoms with Gasteiger partial charge in [-0.2, -0.15) is 13.2 Å². The van der Waals surface area contributed by atoms with Gasteiger partial charge in [0.15, 0.2) is 18.1 Å². The van der Waals surface area contributed by atoms with Gasteiger partial charge in [-0.3, -0.25) is 0 Å². The molecule has 2 N–H and O–H groups in total. The maximum atomic E-state index is 12.3. The number of carbonyl (C=O) groups excluding carboxylic acids is 1. The van der Waals surface area contributed by atoms with Crippen LogP contribution in [0.15, 0.2) is 18.2 Å². The Kier molecular flexibility index (Phi) is 6.78. The van der Waals surface area contributed by atoms with Crippen LogP contribution in [0.25, 0.3) is 0 Å². The van der Waals surface area contributed by atoms with Gasteiger partial charge in [-0.05, 0) is 25.0 Å². The molecule has 1 aliphatic carbocycles. The fourth-order valence-electron chi connectivity index (χ4n) is 2.80. The van der Waals surface area contributed by atoms with Gasteiger partial charge in [-0.1, -0.05) is 25.7 Å². The van der Waals surface area contributed by atoms with Gasteiger partial charge in [-0.25, -0.2) is 4.79 Å². The third kappa shape index (κ3) is 6.72. The summed E-state index contributed by atoms with van der Waals surface area (Å²) in [6.45, 7) is -1.43. The summed E-state index contributed by atoms with van der Waals surface area (Å²) in [5.41, 5.74) is 0.337. The van der Waals surface area contributed by atoms with E-state index in [2.05, 4.69) is 10.6 Å². The minimum atomic E-state index is -4.45. The van der Waals surface area contributed by atoms with Crippen molar-refractivity contribution in [1.29, 1.82) is 0 Å². The molecule has 8 heteroatoms. The number of methoxy groups -OCH3 is 1. The van der Waals surface area contributed by atoms with Crippen LogP contribution in [0.4, 0.5) is 23.7 Å². The van der Waals surface area contributed by atoms with Crippen molar-refractivity contribution in [3.63, 3.8) is 0 Å². The predicted molar refractivity (Wildman–Crippen MR) is 88.2 cm³/mol. The molecule has 0 aliphatic heterocycles. The fraction of sp³-hybridized carbons (Fsp3) is 0.588. The molecule has 2 amide bonds. The maximum absolute atomic E-state index is 12.3. The topological polar surface area (TPSA) is 59.6 Å². The van der Waals surface area contributed by atoms with Crippen molar-refractivity contribution in [3.8, 4) is 11.5 Å². The molecular weight excluding hydrogens is 337 g/mol. The van der Waals surface area contributed by atoms with Gasteiger partial charge in [0.25, 0.3) is 0 Å². The second-order valence-corrected chi connectivity index (χ2v) is 6.06. The minimum absolute atomic E-state index is 0.0768. The normalized spacial score (nSPS) is 16.0. The fourth-order valence-corrected chi connectivity index (χ4v) is 2.80. The number of hydrogen-bond acceptors (Lipinski definition) is 3. The van der Waals surface area contributed by atoms with Gasteiger partial charge in [0, 0.05) is 17.8 Å². The van der Waals surface area contributed by atoms with E-state index in [1.807, 2.05) is 0 Å². The van der Waals surface area contributed by atoms with Crippen molar-refractivity contribution < 1.29 is 27.4 Å². The SMILES string of the molecule is COc1ccc(NC(=O)NC2CCCCCC2)cc1OCC(F)(F)F. The van der Waals surface area contributed by atoms with Gasteiger partial charge in [0.2, 0.25) is 0 Å². The average Bonchev–Trinajstić information content (AvgIpc) is 2.81. The number of ether oxygens (including phenoxy) is 2. The van der Waals surface area contributed by atoms with Crippen LogP contribution in [-0.4, -0.2) is 32.0 Å². The first kappa shape index (κ1) is 19.2. The van der Waals surface area contributed by atoms with E-state index in [1.54, 1.807) is 6.07 Å². The number of carbonyl (C=O) groups is 1. The zero-order valence-corrected chi connectivity index (χ0v) is 14.1. The summed E-state index contributed by atoms with van der Waals surface area (Å²) in [5.74, 6) is 0.0890. The number of rotatable bonds is 5. The zero-order chi connectivity index (χ0) is 18.3. The predicted octanol–water partition coefficient (Wildman–Crippen LogP) is 4.48. The molecule has 1 aliphatic rings. The zero-order valence-electron chi connectivity index (χ0n) is 14.1. The number of nitrogens with one attached hydrogen (secondary N) is 2. The molecule has 0 unspecified atom stereocenters. The van der Waals surface area contributed by atoms with Crippen LogP contribution in [0.2, 0.25) is 0 Å². The molecule has 0 bridgehead atoms. The molecule has 25 heavy (non-hydrogen) atoms. The second kappa shape index (κ2) is 8.82. The lowest BCUT2D eigenvalue weighted by atomic mass is 10.1. The van der Waals surface area contributed by atoms with E-state index in [9.17, 15) is 18.0 Å². The Hall–Kier alpha value is -2.12. The molecule has 0 radical (unpaired) electrons. The number of amides is 2. The van der Waals surface area contributed by atoms with Gasteiger partial charge in [0.05, 0.1) is 7.11 Å². The van der Waals surface area contributed by atoms with Crippen LogP contribution >= 0.6 is 0 Å². The Labute approximate surface area is 144 Å². The van der Waals surface area contributed by atoms with Crippen LogP contribution in [0.5, 0.6) is 11.5 Å². The summed E-state index contributed by atoms with van der Waals surface area (Å²) >= 11 is 0. The Morgan fingerprint density at radius 3 is 2.44 bits per heavy atom. The molecule has 2 rings (SSSR count). The third-order valence-corrected chi connectivity index (χ3v) is 4.00. The van der Waals surface area contributed by atoms with Gasteiger partial charge >= 0.3 is 12.2 Å². The molecule has 1 fully saturated rings. The van der Waals surface area contributed by atoms with Crippen molar-refractivity contribution in [1.82, 2.24) is 5.32 Å². The van der Waals surface area contributed by atoms with Crippen LogP contribution in [0.3, 0.4) is 0 Å². The van der Waals surface area contributed by atoms with Crippen LogP contribution in [-0.2, 0) is 0 Å². The highest BCUT2D eigenvalue weighted by molar-refractivity contribution is 5.89. The maximum Gasteiger partial charge on any atom is 0.422 e. The number of urea groups is 1. The Bertz CT molecular complexity index is 571. The van der Waals surface area contributed by atoms with E-state index < -0.39 is 12.8 Å². The standard InChI is InChI=1S/C17H23F3N2O3/c1-24-14-9-8-13(10-15(14)25-11-17(18,19)20)22-16(23)21-12-6-4-2-3-5-7-12/h8-10,12H,2-7,11H2,1H3,(H2,21,22,23). The lowest BCUT2D eigenvalue weighted by Crippen LogP contribution is -2.37. The summed E-state index contributed by atoms with van der Waals surface area (Å²) in [6, 6.07) is 4.07. The number of benzene rings is 1. The molecule has 0 heterocycles. The second-order valence-electron chi connectivity index (χ2n) is 6.06. The molecule has 0 aromatic heterocycles. The molecule has 1 aromatic carbocycles. The lowest BCUT2D eigenvalue weighted by molar-refractivity contribution is -0.153. The van der Waals surface area contributed by atoms with E-state index >= 15 is 0 Å². The van der Waals surface area contributed by atoms with Gasteiger partial charge in [-0.15, -0.1) is 0 Å². The van der Waals surface area contributed by atoms with Gasteiger partial charge in [0.1, 0.15) is 0 Å². The van der Waals surface area contributed by atoms with Crippen molar-refractivity contribution in [2.75, 3.05) is 19.0 Å². The van der Waals surface area contributed by atoms with Crippen molar-refractivity contribution in [2.24, 2.45) is 0 Å². The summed E-state index contributed by atoms with van der Waals surface area (Å²) in [6.07, 6.45) is 1.96. The summed E-state index contributed by atoms with van der Waals surface area (Å²) in [4.78, 5) is 12.1. The summed E-state index contributed by atoms with van der Waals surface area (Å²) < 4.78 is 46.8. The van der Waals surface area contributed by atoms with Crippen molar-refractivity contribution in [2.45, 2.75) is 50.7 Å². The average molecular weight is 360 g/mol. The van der Waals surface area contributed by atoms with Crippen molar-refractivity contribution in [3.05, 3.63) is 18.2 Å². The molecule has 1 aromatic rings. The molecule has 1 saturated carbocycles. The van der Waals surface area contributed by atoms with E-state index in [1.165, 1.54) is 32.1 Å². The number of hydrogen-bond donors (Lipinski definition) is 2. The largest absolute Gasteiger partial charge is 0.493 e. The molecule has 0 saturated heterocycles. The van der Waals surface area contributed by atoms with E-state index in [-0.39, 0.29) is 23.6 Å². The lowest BCUT2D eigenvalue weighted by Gasteiger charge is -2.18. The number of halogens is 3. The van der Waals surface area contributed by atoms with E-state index in [4.69, 9.17) is 9.47 Å². The first-order valence-electron chi connectivity index (χ1n) is 8.32. The molecule has 140 valence electrons. The molecule has 0 spiro atoms. The Morgan fingerprint density at radius 1 is 1.16 bits per heavy atom. The number of alkyl halides is 3. The Morgan fingerprint density at radius 2 is 1.84 bits per heavy atom. The van der Waals surface area contributed by atoms with E-state index in [0.717, 1.165) is 25.7 Å². The highest BCUT2D eigenvalue weighted by Crippen LogP contribution is 2.31. The molecule has 5 nitrogen and oxygen atoms in total. The van der Waals surface area contributed by atoms with Crippen molar-refractivity contribution >= 4 is 11.7 Å². The Balaban J connectivity index is 1.97. The first-order chi connectivity index (χ1) is 11.9. The summed E-state index contributed by atoms with van der Waals surface area (Å²) in [5, 5.41) is 5.54. The monoisotopic (exact) mass is 360 g/mol. The van der Waals surface area contributed by atoms with Crippen LogP contribution in [0, 0.1) is 0 Å². The van der Waals surface area contributed by atoms with Crippen LogP contribution in [0.1, 0.15) is 38.5 Å². The number of anilines is 1. The van der Waals surface area contributed by atoms with Gasteiger partial charge < -0.3 is 20.1 Å². The third-order valence-electron chi connectivity index (χ3n) is 4.00. The minimum Gasteiger partial charge on any atom is -0.493 e. The highest BCUT2D eigenvalue weighted by atomic mass is 19.4. The summed E-state index contributed by atoms with van der Waals surface area (Å²) in [7, 11) is 1.33. The van der Waals surface area contributed by atoms with Crippen LogP contribution < -0.4 is 20.1 Å². The molecular formula is C17H23F3N2O3. The smallest absolute Gasteiger partial charge is 0.422 e. The van der Waals surface area contributed by atoms with E-state index in [0.29, 0.717) is 5.69 Å². The highest BCUT2D eigenvalue weighted by Gasteiger charge is 2.29. The molecule has 0 atom stereocenters. The quantitative estimate of drug-likeness (QED) is 0.761.